The zero-order valence-electron chi connectivity index (χ0n) is 12.6. The zero-order chi connectivity index (χ0) is 15.4. The van der Waals surface area contributed by atoms with Gasteiger partial charge in [0, 0.05) is 25.7 Å². The molecule has 2 atom stereocenters. The number of para-hydroxylation sites is 1. The molecular formula is C15H23N3O3. The Balaban J connectivity index is 2.18. The van der Waals surface area contributed by atoms with Crippen molar-refractivity contribution >= 4 is 11.4 Å². The van der Waals surface area contributed by atoms with Gasteiger partial charge in [-0.25, -0.2) is 0 Å². The van der Waals surface area contributed by atoms with Crippen LogP contribution >= 0.6 is 0 Å². The van der Waals surface area contributed by atoms with Gasteiger partial charge in [-0.3, -0.25) is 15.0 Å². The summed E-state index contributed by atoms with van der Waals surface area (Å²) in [5.41, 5.74) is 1.53. The van der Waals surface area contributed by atoms with E-state index in [-0.39, 0.29) is 22.8 Å². The van der Waals surface area contributed by atoms with E-state index in [0.29, 0.717) is 12.2 Å². The van der Waals surface area contributed by atoms with Crippen molar-refractivity contribution in [2.45, 2.75) is 44.4 Å². The van der Waals surface area contributed by atoms with Gasteiger partial charge in [-0.2, -0.15) is 0 Å². The molecule has 6 heteroatoms. The highest BCUT2D eigenvalue weighted by Crippen LogP contribution is 2.30. The molecule has 2 N–H and O–H groups in total. The molecule has 0 aliphatic heterocycles. The number of anilines is 1. The van der Waals surface area contributed by atoms with E-state index in [1.54, 1.807) is 13.1 Å². The summed E-state index contributed by atoms with van der Waals surface area (Å²) in [6, 6.07) is 5.23. The van der Waals surface area contributed by atoms with Crippen molar-refractivity contribution in [2.75, 3.05) is 19.4 Å². The van der Waals surface area contributed by atoms with E-state index in [2.05, 4.69) is 10.2 Å². The summed E-state index contributed by atoms with van der Waals surface area (Å²) in [6.07, 6.45) is 3.70. The summed E-state index contributed by atoms with van der Waals surface area (Å²) in [6.45, 7) is 0.583. The lowest BCUT2D eigenvalue weighted by molar-refractivity contribution is -0.384. The van der Waals surface area contributed by atoms with Gasteiger partial charge >= 0.3 is 0 Å². The van der Waals surface area contributed by atoms with E-state index in [4.69, 9.17) is 0 Å². The molecule has 2 unspecified atom stereocenters. The second kappa shape index (κ2) is 6.87. The first-order valence-electron chi connectivity index (χ1n) is 7.37. The second-order valence-corrected chi connectivity index (χ2v) is 5.65. The zero-order valence-corrected chi connectivity index (χ0v) is 12.6. The Morgan fingerprint density at radius 3 is 2.76 bits per heavy atom. The van der Waals surface area contributed by atoms with Crippen molar-refractivity contribution < 1.29 is 10.0 Å². The maximum atomic E-state index is 11.1. The van der Waals surface area contributed by atoms with E-state index >= 15 is 0 Å². The minimum atomic E-state index is -0.370. The van der Waals surface area contributed by atoms with Crippen LogP contribution in [0.15, 0.2) is 18.2 Å². The van der Waals surface area contributed by atoms with Crippen LogP contribution < -0.4 is 5.32 Å². The van der Waals surface area contributed by atoms with E-state index in [1.165, 1.54) is 6.07 Å². The molecule has 0 saturated heterocycles. The molecule has 0 heterocycles. The predicted molar refractivity (Wildman–Crippen MR) is 82.4 cm³/mol. The molecule has 6 nitrogen and oxygen atoms in total. The summed E-state index contributed by atoms with van der Waals surface area (Å²) >= 11 is 0. The lowest BCUT2D eigenvalue weighted by Crippen LogP contribution is -2.42. The van der Waals surface area contributed by atoms with Gasteiger partial charge in [0.15, 0.2) is 0 Å². The fourth-order valence-electron chi connectivity index (χ4n) is 3.15. The van der Waals surface area contributed by atoms with Crippen molar-refractivity contribution in [1.82, 2.24) is 4.90 Å². The van der Waals surface area contributed by atoms with Crippen LogP contribution in [0.3, 0.4) is 0 Å². The van der Waals surface area contributed by atoms with Crippen molar-refractivity contribution in [1.29, 1.82) is 0 Å². The standard InChI is InChI=1S/C15H23N3O3/c1-16-15-11(6-5-8-13(15)18(20)21)10-17(2)12-7-3-4-9-14(12)19/h5-6,8,12,14,16,19H,3-4,7,9-10H2,1-2H3. The minimum absolute atomic E-state index is 0.0904. The number of hydrogen-bond acceptors (Lipinski definition) is 5. The van der Waals surface area contributed by atoms with Gasteiger partial charge in [0.25, 0.3) is 5.69 Å². The van der Waals surface area contributed by atoms with Crippen LogP contribution in [-0.2, 0) is 6.54 Å². The number of nitro benzene ring substituents is 1. The van der Waals surface area contributed by atoms with Crippen LogP contribution in [0, 0.1) is 10.1 Å². The Hall–Kier alpha value is -1.66. The molecule has 1 aliphatic carbocycles. The molecule has 0 radical (unpaired) electrons. The van der Waals surface area contributed by atoms with Crippen LogP contribution in [0.5, 0.6) is 0 Å². The molecule has 1 aromatic carbocycles. The largest absolute Gasteiger partial charge is 0.391 e. The summed E-state index contributed by atoms with van der Waals surface area (Å²) < 4.78 is 0. The van der Waals surface area contributed by atoms with Crippen LogP contribution in [0.2, 0.25) is 0 Å². The second-order valence-electron chi connectivity index (χ2n) is 5.65. The number of benzene rings is 1. The molecule has 1 fully saturated rings. The molecular weight excluding hydrogens is 270 g/mol. The molecule has 0 spiro atoms. The fraction of sp³-hybridized carbons (Fsp3) is 0.600. The first-order chi connectivity index (χ1) is 10.0. The van der Waals surface area contributed by atoms with E-state index in [1.807, 2.05) is 13.1 Å². The topological polar surface area (TPSA) is 78.6 Å². The van der Waals surface area contributed by atoms with Gasteiger partial charge < -0.3 is 10.4 Å². The third-order valence-electron chi connectivity index (χ3n) is 4.26. The number of nitrogens with zero attached hydrogens (tertiary/aromatic N) is 2. The number of likely N-dealkylation sites (N-methyl/N-ethyl adjacent to an activating group) is 1. The lowest BCUT2D eigenvalue weighted by atomic mass is 9.91. The fourth-order valence-corrected chi connectivity index (χ4v) is 3.15. The highest BCUT2D eigenvalue weighted by Gasteiger charge is 2.27. The SMILES string of the molecule is CNc1c(CN(C)C2CCCCC2O)cccc1[N+](=O)[O-]. The van der Waals surface area contributed by atoms with Gasteiger partial charge in [-0.1, -0.05) is 25.0 Å². The van der Waals surface area contributed by atoms with Crippen LogP contribution in [0.25, 0.3) is 0 Å². The van der Waals surface area contributed by atoms with E-state index in [0.717, 1.165) is 31.2 Å². The number of aliphatic hydroxyl groups is 1. The molecule has 0 aromatic heterocycles. The smallest absolute Gasteiger partial charge is 0.292 e. The Kier molecular flexibility index (Phi) is 5.14. The van der Waals surface area contributed by atoms with E-state index < -0.39 is 0 Å². The first-order valence-corrected chi connectivity index (χ1v) is 7.37. The van der Waals surface area contributed by atoms with Crippen molar-refractivity contribution in [3.8, 4) is 0 Å². The maximum Gasteiger partial charge on any atom is 0.292 e. The average Bonchev–Trinajstić information content (AvgIpc) is 2.47. The number of nitrogens with one attached hydrogen (secondary N) is 1. The van der Waals surface area contributed by atoms with E-state index in [9.17, 15) is 15.2 Å². The molecule has 1 aliphatic rings. The molecule has 2 rings (SSSR count). The Labute approximate surface area is 124 Å². The van der Waals surface area contributed by atoms with Crippen molar-refractivity contribution in [3.05, 3.63) is 33.9 Å². The third-order valence-corrected chi connectivity index (χ3v) is 4.26. The number of nitro groups is 1. The van der Waals surface area contributed by atoms with Crippen molar-refractivity contribution in [3.63, 3.8) is 0 Å². The molecule has 116 valence electrons. The summed E-state index contributed by atoms with van der Waals surface area (Å²) in [7, 11) is 3.67. The van der Waals surface area contributed by atoms with Gasteiger partial charge in [0.2, 0.25) is 0 Å². The molecule has 0 bridgehead atoms. The average molecular weight is 293 g/mol. The minimum Gasteiger partial charge on any atom is -0.391 e. The third kappa shape index (κ3) is 3.51. The molecule has 1 aromatic rings. The van der Waals surface area contributed by atoms with Crippen LogP contribution in [0.4, 0.5) is 11.4 Å². The molecule has 0 amide bonds. The van der Waals surface area contributed by atoms with Gasteiger partial charge in [0.1, 0.15) is 5.69 Å². The van der Waals surface area contributed by atoms with Gasteiger partial charge in [-0.15, -0.1) is 0 Å². The predicted octanol–water partition coefficient (Wildman–Crippen LogP) is 2.37. The summed E-state index contributed by atoms with van der Waals surface area (Å²) in [5.74, 6) is 0. The molecule has 1 saturated carbocycles. The monoisotopic (exact) mass is 293 g/mol. The molecule has 21 heavy (non-hydrogen) atoms. The number of aliphatic hydroxyl groups excluding tert-OH is 1. The first kappa shape index (κ1) is 15.7. The number of hydrogen-bond donors (Lipinski definition) is 2. The Bertz CT molecular complexity index is 507. The highest BCUT2D eigenvalue weighted by atomic mass is 16.6. The Morgan fingerprint density at radius 1 is 1.43 bits per heavy atom. The van der Waals surface area contributed by atoms with Gasteiger partial charge in [0.05, 0.1) is 11.0 Å². The van der Waals surface area contributed by atoms with Gasteiger partial charge in [-0.05, 0) is 25.5 Å². The lowest BCUT2D eigenvalue weighted by Gasteiger charge is -2.35. The van der Waals surface area contributed by atoms with Crippen LogP contribution in [-0.4, -0.2) is 41.2 Å². The highest BCUT2D eigenvalue weighted by molar-refractivity contribution is 5.66. The maximum absolute atomic E-state index is 11.1. The Morgan fingerprint density at radius 2 is 2.14 bits per heavy atom. The normalized spacial score (nSPS) is 22.3. The summed E-state index contributed by atoms with van der Waals surface area (Å²) in [4.78, 5) is 12.8. The van der Waals surface area contributed by atoms with Crippen molar-refractivity contribution in [2.24, 2.45) is 0 Å². The van der Waals surface area contributed by atoms with Crippen LogP contribution in [0.1, 0.15) is 31.2 Å². The number of rotatable bonds is 5. The quantitative estimate of drug-likeness (QED) is 0.643. The summed E-state index contributed by atoms with van der Waals surface area (Å²) in [5, 5.41) is 24.1.